The minimum atomic E-state index is -0.490. The molecule has 0 radical (unpaired) electrons. The van der Waals surface area contributed by atoms with Gasteiger partial charge in [0, 0.05) is 11.6 Å². The normalized spacial score (nSPS) is 13.2. The minimum absolute atomic E-state index is 0.246. The van der Waals surface area contributed by atoms with Crippen molar-refractivity contribution in [2.75, 3.05) is 11.6 Å². The first-order valence-corrected chi connectivity index (χ1v) is 5.00. The quantitative estimate of drug-likeness (QED) is 0.567. The highest BCUT2D eigenvalue weighted by Crippen LogP contribution is 2.13. The number of aliphatic hydroxyl groups is 1. The number of nitrogens with one attached hydrogen (secondary N) is 1. The molecule has 1 aromatic heterocycles. The van der Waals surface area contributed by atoms with Gasteiger partial charge in [-0.2, -0.15) is 0 Å². The van der Waals surface area contributed by atoms with Gasteiger partial charge in [0.2, 0.25) is 5.16 Å². The summed E-state index contributed by atoms with van der Waals surface area (Å²) in [7, 11) is 0. The van der Waals surface area contributed by atoms with Crippen molar-refractivity contribution >= 4 is 23.4 Å². The Morgan fingerprint density at radius 3 is 3.00 bits per heavy atom. The number of H-pyrrole nitrogens is 1. The number of nitrogens with zero attached hydrogens (tertiary/aromatic N) is 2. The molecule has 1 heterocycles. The van der Waals surface area contributed by atoms with Gasteiger partial charge >= 0.3 is 0 Å². The van der Waals surface area contributed by atoms with E-state index in [0.717, 1.165) is 5.82 Å². The van der Waals surface area contributed by atoms with Crippen LogP contribution in [0, 0.1) is 6.92 Å². The van der Waals surface area contributed by atoms with Crippen LogP contribution in [0.1, 0.15) is 5.82 Å². The molecule has 4 nitrogen and oxygen atoms in total. The summed E-state index contributed by atoms with van der Waals surface area (Å²) in [6.45, 7) is 1.83. The molecule has 0 saturated carbocycles. The fourth-order valence-corrected chi connectivity index (χ4v) is 1.61. The Morgan fingerprint density at radius 2 is 2.50 bits per heavy atom. The van der Waals surface area contributed by atoms with E-state index >= 15 is 0 Å². The highest BCUT2D eigenvalue weighted by molar-refractivity contribution is 7.99. The van der Waals surface area contributed by atoms with Gasteiger partial charge in [0.25, 0.3) is 0 Å². The molecule has 12 heavy (non-hydrogen) atoms. The van der Waals surface area contributed by atoms with Crippen molar-refractivity contribution in [1.29, 1.82) is 0 Å². The van der Waals surface area contributed by atoms with Crippen molar-refractivity contribution in [3.63, 3.8) is 0 Å². The maximum Gasteiger partial charge on any atom is 0.208 e. The average Bonchev–Trinajstić information content (AvgIpc) is 2.47. The standard InChI is InChI=1S/C6H10ClN3OS/c1-4-8-6(10-9-4)12-3-5(11)2-7/h5,11H,2-3H2,1H3,(H,8,9,10)/t5-/m1/s1. The number of aromatic amines is 1. The molecule has 68 valence electrons. The number of hydrogen-bond donors (Lipinski definition) is 2. The van der Waals surface area contributed by atoms with Crippen LogP contribution in [0.15, 0.2) is 5.16 Å². The highest BCUT2D eigenvalue weighted by Gasteiger charge is 2.05. The van der Waals surface area contributed by atoms with Gasteiger partial charge in [0.05, 0.1) is 6.10 Å². The predicted molar refractivity (Wildman–Crippen MR) is 48.6 cm³/mol. The van der Waals surface area contributed by atoms with Crippen LogP contribution in [0.25, 0.3) is 0 Å². The number of rotatable bonds is 4. The van der Waals surface area contributed by atoms with Gasteiger partial charge in [-0.1, -0.05) is 11.8 Å². The van der Waals surface area contributed by atoms with Gasteiger partial charge in [-0.05, 0) is 6.92 Å². The van der Waals surface area contributed by atoms with Crippen molar-refractivity contribution in [3.05, 3.63) is 5.82 Å². The monoisotopic (exact) mass is 207 g/mol. The van der Waals surface area contributed by atoms with Crippen molar-refractivity contribution in [2.45, 2.75) is 18.2 Å². The molecule has 0 fully saturated rings. The first kappa shape index (κ1) is 9.83. The predicted octanol–water partition coefficient (Wildman–Crippen LogP) is 0.805. The van der Waals surface area contributed by atoms with Gasteiger partial charge in [-0.15, -0.1) is 16.7 Å². The zero-order chi connectivity index (χ0) is 8.97. The Kier molecular flexibility index (Phi) is 3.84. The lowest BCUT2D eigenvalue weighted by atomic mass is 10.5. The molecule has 0 aliphatic carbocycles. The lowest BCUT2D eigenvalue weighted by molar-refractivity contribution is 0.223. The van der Waals surface area contributed by atoms with Crippen LogP contribution in [-0.4, -0.2) is 38.0 Å². The molecule has 6 heteroatoms. The Hall–Kier alpha value is -0.260. The minimum Gasteiger partial charge on any atom is -0.391 e. The van der Waals surface area contributed by atoms with Crippen molar-refractivity contribution in [2.24, 2.45) is 0 Å². The van der Waals surface area contributed by atoms with Gasteiger partial charge in [0.1, 0.15) is 5.82 Å². The lowest BCUT2D eigenvalue weighted by Gasteiger charge is -2.01. The van der Waals surface area contributed by atoms with Crippen molar-refractivity contribution in [1.82, 2.24) is 15.2 Å². The molecular weight excluding hydrogens is 198 g/mol. The summed E-state index contributed by atoms with van der Waals surface area (Å²) in [5.74, 6) is 1.55. The third-order valence-electron chi connectivity index (χ3n) is 1.16. The van der Waals surface area contributed by atoms with Crippen molar-refractivity contribution in [3.8, 4) is 0 Å². The molecule has 1 atom stereocenters. The van der Waals surface area contributed by atoms with Crippen LogP contribution in [0.3, 0.4) is 0 Å². The lowest BCUT2D eigenvalue weighted by Crippen LogP contribution is -2.11. The second-order valence-corrected chi connectivity index (χ2v) is 3.62. The molecule has 0 unspecified atom stereocenters. The number of aryl methyl sites for hydroxylation is 1. The smallest absolute Gasteiger partial charge is 0.208 e. The maximum atomic E-state index is 9.11. The average molecular weight is 208 g/mol. The Labute approximate surface area is 79.7 Å². The summed E-state index contributed by atoms with van der Waals surface area (Å²) in [5, 5.41) is 16.4. The van der Waals surface area contributed by atoms with Crippen LogP contribution in [0.2, 0.25) is 0 Å². The fourth-order valence-electron chi connectivity index (χ4n) is 0.602. The van der Waals surface area contributed by atoms with E-state index < -0.39 is 6.10 Å². The van der Waals surface area contributed by atoms with E-state index in [1.165, 1.54) is 11.8 Å². The Morgan fingerprint density at radius 1 is 1.75 bits per heavy atom. The molecule has 2 N–H and O–H groups in total. The second kappa shape index (κ2) is 4.69. The maximum absolute atomic E-state index is 9.11. The molecule has 0 saturated heterocycles. The molecule has 0 aliphatic heterocycles. The number of aromatic nitrogens is 3. The largest absolute Gasteiger partial charge is 0.391 e. The van der Waals surface area contributed by atoms with E-state index in [-0.39, 0.29) is 5.88 Å². The Balaban J connectivity index is 2.33. The van der Waals surface area contributed by atoms with E-state index in [2.05, 4.69) is 15.2 Å². The van der Waals surface area contributed by atoms with Crippen LogP contribution in [0.4, 0.5) is 0 Å². The van der Waals surface area contributed by atoms with Crippen LogP contribution in [-0.2, 0) is 0 Å². The highest BCUT2D eigenvalue weighted by atomic mass is 35.5. The molecule has 0 spiro atoms. The zero-order valence-corrected chi connectivity index (χ0v) is 8.19. The first-order valence-electron chi connectivity index (χ1n) is 3.48. The topological polar surface area (TPSA) is 61.8 Å². The summed E-state index contributed by atoms with van der Waals surface area (Å²) in [6, 6.07) is 0. The molecule has 0 aliphatic rings. The van der Waals surface area contributed by atoms with E-state index in [1.54, 1.807) is 0 Å². The summed E-state index contributed by atoms with van der Waals surface area (Å²) in [5.41, 5.74) is 0. The van der Waals surface area contributed by atoms with Crippen LogP contribution in [0.5, 0.6) is 0 Å². The number of halogens is 1. The SMILES string of the molecule is Cc1nc(SC[C@H](O)CCl)n[nH]1. The van der Waals surface area contributed by atoms with E-state index in [1.807, 2.05) is 6.92 Å². The number of alkyl halides is 1. The number of thioether (sulfide) groups is 1. The summed E-state index contributed by atoms with van der Waals surface area (Å²) in [6.07, 6.45) is -0.490. The molecule has 0 bridgehead atoms. The third-order valence-corrected chi connectivity index (χ3v) is 2.51. The second-order valence-electron chi connectivity index (χ2n) is 2.32. The number of hydrogen-bond acceptors (Lipinski definition) is 4. The molecule has 1 aromatic rings. The van der Waals surface area contributed by atoms with Gasteiger partial charge in [0.15, 0.2) is 0 Å². The summed E-state index contributed by atoms with van der Waals surface area (Å²) >= 11 is 6.80. The molecule has 0 aromatic carbocycles. The van der Waals surface area contributed by atoms with Gasteiger partial charge in [-0.3, -0.25) is 5.10 Å². The number of aliphatic hydroxyl groups excluding tert-OH is 1. The molecule has 0 amide bonds. The molecule has 1 rings (SSSR count). The van der Waals surface area contributed by atoms with Crippen LogP contribution >= 0.6 is 23.4 Å². The molecular formula is C6H10ClN3OS. The van der Waals surface area contributed by atoms with Crippen LogP contribution < -0.4 is 0 Å². The van der Waals surface area contributed by atoms with E-state index in [0.29, 0.717) is 10.9 Å². The first-order chi connectivity index (χ1) is 5.72. The van der Waals surface area contributed by atoms with Crippen molar-refractivity contribution < 1.29 is 5.11 Å². The van der Waals surface area contributed by atoms with Gasteiger partial charge in [-0.25, -0.2) is 4.98 Å². The van der Waals surface area contributed by atoms with E-state index in [9.17, 15) is 0 Å². The zero-order valence-electron chi connectivity index (χ0n) is 6.62. The summed E-state index contributed by atoms with van der Waals surface area (Å²) in [4.78, 5) is 4.06. The Bertz CT molecular complexity index is 242. The van der Waals surface area contributed by atoms with E-state index in [4.69, 9.17) is 16.7 Å². The van der Waals surface area contributed by atoms with Gasteiger partial charge < -0.3 is 5.11 Å². The summed E-state index contributed by atoms with van der Waals surface area (Å²) < 4.78 is 0. The third kappa shape index (κ3) is 3.00. The fraction of sp³-hybridized carbons (Fsp3) is 0.667.